The van der Waals surface area contributed by atoms with Gasteiger partial charge in [-0.1, -0.05) is 18.2 Å². The first-order chi connectivity index (χ1) is 12.0. The van der Waals surface area contributed by atoms with Crippen LogP contribution >= 0.6 is 0 Å². The number of carbonyl (C=O) groups excluding carboxylic acids is 3. The van der Waals surface area contributed by atoms with Gasteiger partial charge in [0, 0.05) is 30.1 Å². The van der Waals surface area contributed by atoms with E-state index in [1.165, 1.54) is 0 Å². The molecular weight excluding hydrogens is 324 g/mol. The number of esters is 1. The monoisotopic (exact) mass is 342 g/mol. The summed E-state index contributed by atoms with van der Waals surface area (Å²) in [5.74, 6) is -2.72. The van der Waals surface area contributed by atoms with Gasteiger partial charge in [-0.3, -0.25) is 9.59 Å². The van der Waals surface area contributed by atoms with Gasteiger partial charge >= 0.3 is 11.9 Å². The fourth-order valence-corrected chi connectivity index (χ4v) is 2.49. The number of hydrogen-bond acceptors (Lipinski definition) is 5. The number of nitrogens with one attached hydrogen (secondary N) is 2. The van der Waals surface area contributed by atoms with E-state index in [0.29, 0.717) is 0 Å². The average molecular weight is 342 g/mol. The summed E-state index contributed by atoms with van der Waals surface area (Å²) in [5, 5.41) is 12.3. The smallest absolute Gasteiger partial charge is 0.396 e. The van der Waals surface area contributed by atoms with Crippen LogP contribution in [0.15, 0.2) is 30.5 Å². The van der Waals surface area contributed by atoms with E-state index in [2.05, 4.69) is 15.0 Å². The molecule has 8 nitrogen and oxygen atoms in total. The summed E-state index contributed by atoms with van der Waals surface area (Å²) < 4.78 is 4.36. The van der Waals surface area contributed by atoms with Crippen LogP contribution < -0.4 is 5.32 Å². The average Bonchev–Trinajstić information content (AvgIpc) is 3.04. The van der Waals surface area contributed by atoms with Gasteiger partial charge in [0.2, 0.25) is 0 Å². The Morgan fingerprint density at radius 1 is 1.36 bits per heavy atom. The molecule has 2 rings (SSSR count). The predicted octanol–water partition coefficient (Wildman–Crippen LogP) is 0.698. The Balaban J connectivity index is 2.30. The topological polar surface area (TPSA) is 115 Å². The number of para-hydroxylation sites is 1. The van der Waals surface area contributed by atoms with Gasteiger partial charge in [-0.25, -0.2) is 9.69 Å². The number of methoxy groups -OCH3 is 1. The lowest BCUT2D eigenvalue weighted by Crippen LogP contribution is -2.50. The zero-order chi connectivity index (χ0) is 18.4. The predicted molar refractivity (Wildman–Crippen MR) is 88.9 cm³/mol. The molecule has 2 amide bonds. The van der Waals surface area contributed by atoms with E-state index < -0.39 is 23.8 Å². The highest BCUT2D eigenvalue weighted by Crippen LogP contribution is 2.19. The van der Waals surface area contributed by atoms with Crippen LogP contribution in [-0.4, -0.2) is 47.4 Å². The maximum Gasteiger partial charge on any atom is 0.396 e. The van der Waals surface area contributed by atoms with Crippen LogP contribution in [0.3, 0.4) is 0 Å². The fraction of sp³-hybridized carbons (Fsp3) is 0.294. The first-order valence-corrected chi connectivity index (χ1v) is 7.66. The number of nitrogens with zero attached hydrogens (tertiary/aromatic N) is 2. The van der Waals surface area contributed by atoms with Crippen LogP contribution in [0.25, 0.3) is 10.9 Å². The molecule has 2 aromatic rings. The maximum atomic E-state index is 12.5. The van der Waals surface area contributed by atoms with Crippen molar-refractivity contribution < 1.29 is 19.1 Å². The molecule has 1 aromatic carbocycles. The van der Waals surface area contributed by atoms with E-state index >= 15 is 0 Å². The Morgan fingerprint density at radius 2 is 2.08 bits per heavy atom. The summed E-state index contributed by atoms with van der Waals surface area (Å²) in [6.07, 6.45) is 3.64. The molecule has 2 N–H and O–H groups in total. The lowest BCUT2D eigenvalue weighted by molar-refractivity contribution is -0.153. The van der Waals surface area contributed by atoms with E-state index in [1.54, 1.807) is 19.3 Å². The van der Waals surface area contributed by atoms with Crippen LogP contribution in [0.4, 0.5) is 0 Å². The van der Waals surface area contributed by atoms with Gasteiger partial charge in [-0.2, -0.15) is 5.26 Å². The minimum Gasteiger partial charge on any atom is -0.462 e. The van der Waals surface area contributed by atoms with E-state index in [4.69, 9.17) is 5.26 Å². The van der Waals surface area contributed by atoms with Gasteiger partial charge < -0.3 is 15.0 Å². The summed E-state index contributed by atoms with van der Waals surface area (Å²) in [7, 11) is 1.08. The van der Waals surface area contributed by atoms with E-state index in [1.807, 2.05) is 24.3 Å². The van der Waals surface area contributed by atoms with Crippen molar-refractivity contribution in [1.82, 2.24) is 15.2 Å². The number of ether oxygens (including phenoxy) is 1. The summed E-state index contributed by atoms with van der Waals surface area (Å²) in [4.78, 5) is 39.7. The molecule has 1 aromatic heterocycles. The second kappa shape index (κ2) is 7.97. The molecule has 0 aliphatic heterocycles. The second-order valence-corrected chi connectivity index (χ2v) is 5.26. The van der Waals surface area contributed by atoms with Crippen molar-refractivity contribution >= 4 is 28.7 Å². The van der Waals surface area contributed by atoms with Gasteiger partial charge in [0.05, 0.1) is 7.11 Å². The summed E-state index contributed by atoms with van der Waals surface area (Å²) in [6.45, 7) is 1.81. The van der Waals surface area contributed by atoms with Crippen molar-refractivity contribution in [2.75, 3.05) is 13.7 Å². The quantitative estimate of drug-likeness (QED) is 0.359. The lowest BCUT2D eigenvalue weighted by Gasteiger charge is -2.21. The number of rotatable bonds is 5. The number of H-pyrrole nitrogens is 1. The number of amides is 2. The molecule has 1 unspecified atom stereocenters. The normalized spacial score (nSPS) is 11.4. The largest absolute Gasteiger partial charge is 0.462 e. The van der Waals surface area contributed by atoms with Gasteiger partial charge in [-0.05, 0) is 18.6 Å². The zero-order valence-electron chi connectivity index (χ0n) is 13.9. The molecule has 8 heteroatoms. The molecule has 0 fully saturated rings. The number of hydrogen-bond donors (Lipinski definition) is 2. The van der Waals surface area contributed by atoms with Crippen molar-refractivity contribution in [2.24, 2.45) is 0 Å². The van der Waals surface area contributed by atoms with Crippen molar-refractivity contribution in [3.05, 3.63) is 36.0 Å². The van der Waals surface area contributed by atoms with Crippen LogP contribution in [0.2, 0.25) is 0 Å². The van der Waals surface area contributed by atoms with Gasteiger partial charge in [0.1, 0.15) is 6.04 Å². The van der Waals surface area contributed by atoms with Crippen molar-refractivity contribution in [1.29, 1.82) is 5.26 Å². The molecule has 1 heterocycles. The standard InChI is InChI=1S/C17H18N4O4/c1-3-21(10-18)16(23)14(20-15(22)17(24)25-2)8-11-9-19-13-7-5-4-6-12(11)13/h4-7,9,14,19H,3,8H2,1-2H3,(H,20,22). The number of benzene rings is 1. The molecular formula is C17H18N4O4. The molecule has 0 radical (unpaired) electrons. The number of fused-ring (bicyclic) bond motifs is 1. The molecule has 0 saturated carbocycles. The third-order valence-corrected chi connectivity index (χ3v) is 3.78. The Kier molecular flexibility index (Phi) is 5.74. The first-order valence-electron chi connectivity index (χ1n) is 7.66. The zero-order valence-corrected chi connectivity index (χ0v) is 13.9. The number of carbonyl (C=O) groups is 3. The summed E-state index contributed by atoms with van der Waals surface area (Å²) in [5.41, 5.74) is 1.67. The molecule has 0 bridgehead atoms. The molecule has 25 heavy (non-hydrogen) atoms. The summed E-state index contributed by atoms with van der Waals surface area (Å²) in [6, 6.07) is 6.43. The third kappa shape index (κ3) is 3.95. The van der Waals surface area contributed by atoms with Crippen LogP contribution in [0.1, 0.15) is 12.5 Å². The number of aromatic amines is 1. The Bertz CT molecular complexity index is 837. The highest BCUT2D eigenvalue weighted by atomic mass is 16.5. The second-order valence-electron chi connectivity index (χ2n) is 5.26. The van der Waals surface area contributed by atoms with Gasteiger partial charge in [0.25, 0.3) is 5.91 Å². The van der Waals surface area contributed by atoms with Gasteiger partial charge in [-0.15, -0.1) is 0 Å². The number of aromatic nitrogens is 1. The van der Waals surface area contributed by atoms with E-state index in [-0.39, 0.29) is 13.0 Å². The van der Waals surface area contributed by atoms with E-state index in [0.717, 1.165) is 28.5 Å². The number of likely N-dealkylation sites (N-methyl/N-ethyl adjacent to an activating group) is 1. The lowest BCUT2D eigenvalue weighted by atomic mass is 10.0. The highest BCUT2D eigenvalue weighted by Gasteiger charge is 2.29. The fourth-order valence-electron chi connectivity index (χ4n) is 2.49. The van der Waals surface area contributed by atoms with Gasteiger partial charge in [0.15, 0.2) is 6.19 Å². The molecule has 0 spiro atoms. The maximum absolute atomic E-state index is 12.5. The van der Waals surface area contributed by atoms with Crippen molar-refractivity contribution in [3.63, 3.8) is 0 Å². The summed E-state index contributed by atoms with van der Waals surface area (Å²) >= 11 is 0. The molecule has 0 saturated heterocycles. The minimum atomic E-state index is -1.10. The van der Waals surface area contributed by atoms with Crippen molar-refractivity contribution in [3.8, 4) is 6.19 Å². The molecule has 0 aliphatic rings. The molecule has 130 valence electrons. The van der Waals surface area contributed by atoms with Crippen LogP contribution in [0.5, 0.6) is 0 Å². The minimum absolute atomic E-state index is 0.129. The Morgan fingerprint density at radius 3 is 2.72 bits per heavy atom. The Labute approximate surface area is 144 Å². The third-order valence-electron chi connectivity index (χ3n) is 3.78. The molecule has 0 aliphatic carbocycles. The number of nitriles is 1. The van der Waals surface area contributed by atoms with Crippen LogP contribution in [-0.2, 0) is 25.5 Å². The highest BCUT2D eigenvalue weighted by molar-refractivity contribution is 6.32. The first kappa shape index (κ1) is 18.0. The van der Waals surface area contributed by atoms with E-state index in [9.17, 15) is 14.4 Å². The SMILES string of the molecule is CCN(C#N)C(=O)C(Cc1c[nH]c2ccccc12)NC(=O)C(=O)OC. The van der Waals surface area contributed by atoms with Crippen molar-refractivity contribution in [2.45, 2.75) is 19.4 Å². The molecule has 1 atom stereocenters. The van der Waals surface area contributed by atoms with Crippen LogP contribution in [0, 0.1) is 11.5 Å². The Hall–Kier alpha value is -3.34.